The van der Waals surface area contributed by atoms with Crippen LogP contribution in [0.2, 0.25) is 5.15 Å². The molecule has 0 saturated carbocycles. The lowest BCUT2D eigenvalue weighted by molar-refractivity contribution is 1.04. The highest BCUT2D eigenvalue weighted by molar-refractivity contribution is 7.80. The fraction of sp³-hybridized carbons (Fsp3) is 0.105. The van der Waals surface area contributed by atoms with Crippen LogP contribution in [-0.2, 0) is 6.42 Å². The summed E-state index contributed by atoms with van der Waals surface area (Å²) in [7, 11) is 0. The maximum Gasteiger partial charge on any atom is 0.175 e. The average molecular weight is 384 g/mol. The summed E-state index contributed by atoms with van der Waals surface area (Å²) < 4.78 is 0. The second-order valence-corrected chi connectivity index (χ2v) is 6.33. The molecule has 0 aliphatic rings. The monoisotopic (exact) mass is 383 g/mol. The van der Waals surface area contributed by atoms with Gasteiger partial charge in [-0.3, -0.25) is 0 Å². The van der Waals surface area contributed by atoms with Gasteiger partial charge in [-0.05, 0) is 66.7 Å². The summed E-state index contributed by atoms with van der Waals surface area (Å²) in [5.74, 6) is 0.628. The topological polar surface area (TPSA) is 61.9 Å². The normalized spacial score (nSPS) is 10.2. The summed E-state index contributed by atoms with van der Waals surface area (Å²) in [6, 6.07) is 19.3. The molecule has 1 aromatic heterocycles. The Morgan fingerprint density at radius 3 is 2.35 bits per heavy atom. The SMILES string of the molecule is CCc1ccccc1NC(=S)Nc1ccc(Nc2ccc(Cl)nn2)cc1. The Bertz CT molecular complexity index is 881. The fourth-order valence-electron chi connectivity index (χ4n) is 2.40. The van der Waals surface area contributed by atoms with E-state index >= 15 is 0 Å². The molecule has 26 heavy (non-hydrogen) atoms. The Balaban J connectivity index is 1.60. The quantitative estimate of drug-likeness (QED) is 0.523. The fourth-order valence-corrected chi connectivity index (χ4v) is 2.73. The molecule has 0 atom stereocenters. The van der Waals surface area contributed by atoms with Crippen LogP contribution in [0, 0.1) is 0 Å². The van der Waals surface area contributed by atoms with Gasteiger partial charge in [-0.1, -0.05) is 36.7 Å². The van der Waals surface area contributed by atoms with E-state index in [0.29, 0.717) is 16.1 Å². The van der Waals surface area contributed by atoms with Crippen LogP contribution in [0.15, 0.2) is 60.7 Å². The van der Waals surface area contributed by atoms with Crippen LogP contribution < -0.4 is 16.0 Å². The van der Waals surface area contributed by atoms with Crippen LogP contribution in [0.5, 0.6) is 0 Å². The Hall–Kier alpha value is -2.70. The zero-order valence-corrected chi connectivity index (χ0v) is 15.7. The number of thiocarbonyl (C=S) groups is 1. The molecule has 0 spiro atoms. The van der Waals surface area contributed by atoms with Gasteiger partial charge in [-0.2, -0.15) is 0 Å². The Labute approximate surface area is 162 Å². The lowest BCUT2D eigenvalue weighted by atomic mass is 10.1. The number of para-hydroxylation sites is 1. The maximum absolute atomic E-state index is 5.73. The maximum atomic E-state index is 5.73. The summed E-state index contributed by atoms with van der Waals surface area (Å²) in [6.07, 6.45) is 0.944. The minimum atomic E-state index is 0.362. The van der Waals surface area contributed by atoms with Crippen LogP contribution >= 0.6 is 23.8 Å². The van der Waals surface area contributed by atoms with Crippen molar-refractivity contribution in [1.29, 1.82) is 0 Å². The largest absolute Gasteiger partial charge is 0.339 e. The van der Waals surface area contributed by atoms with Crippen molar-refractivity contribution in [2.75, 3.05) is 16.0 Å². The summed E-state index contributed by atoms with van der Waals surface area (Å²) in [5.41, 5.74) is 4.03. The Kier molecular flexibility index (Phi) is 5.99. The third-order valence-electron chi connectivity index (χ3n) is 3.69. The van der Waals surface area contributed by atoms with Gasteiger partial charge in [0.2, 0.25) is 0 Å². The van der Waals surface area contributed by atoms with Gasteiger partial charge in [0.1, 0.15) is 0 Å². The van der Waals surface area contributed by atoms with E-state index in [1.54, 1.807) is 12.1 Å². The number of aryl methyl sites for hydroxylation is 1. The Morgan fingerprint density at radius 1 is 0.923 bits per heavy atom. The van der Waals surface area contributed by atoms with E-state index < -0.39 is 0 Å². The molecule has 7 heteroatoms. The highest BCUT2D eigenvalue weighted by Gasteiger charge is 2.03. The highest BCUT2D eigenvalue weighted by atomic mass is 35.5. The van der Waals surface area contributed by atoms with Crippen molar-refractivity contribution < 1.29 is 0 Å². The summed E-state index contributed by atoms with van der Waals surface area (Å²) in [6.45, 7) is 2.12. The van der Waals surface area contributed by atoms with E-state index in [2.05, 4.69) is 39.1 Å². The number of benzene rings is 2. The molecule has 0 bridgehead atoms. The molecule has 0 fully saturated rings. The summed E-state index contributed by atoms with van der Waals surface area (Å²) >= 11 is 11.1. The molecule has 0 saturated heterocycles. The van der Waals surface area contributed by atoms with Crippen LogP contribution in [-0.4, -0.2) is 15.3 Å². The van der Waals surface area contributed by atoms with Gasteiger partial charge >= 0.3 is 0 Å². The third-order valence-corrected chi connectivity index (χ3v) is 4.10. The molecule has 0 aliphatic heterocycles. The molecule has 2 aromatic carbocycles. The van der Waals surface area contributed by atoms with Crippen LogP contribution in [0.25, 0.3) is 0 Å². The molecular formula is C19H18ClN5S. The van der Waals surface area contributed by atoms with Gasteiger partial charge in [0.15, 0.2) is 16.1 Å². The molecule has 0 unspecified atom stereocenters. The summed E-state index contributed by atoms with van der Waals surface area (Å²) in [4.78, 5) is 0. The molecule has 5 nitrogen and oxygen atoms in total. The van der Waals surface area contributed by atoms with Gasteiger partial charge in [0, 0.05) is 17.1 Å². The molecule has 3 rings (SSSR count). The molecule has 0 radical (unpaired) electrons. The van der Waals surface area contributed by atoms with E-state index in [1.807, 2.05) is 42.5 Å². The van der Waals surface area contributed by atoms with Crippen molar-refractivity contribution in [3.63, 3.8) is 0 Å². The molecule has 3 N–H and O–H groups in total. The van der Waals surface area contributed by atoms with Crippen LogP contribution in [0.4, 0.5) is 22.9 Å². The number of anilines is 4. The first-order valence-corrected chi connectivity index (χ1v) is 8.95. The number of hydrogen-bond donors (Lipinski definition) is 3. The van der Waals surface area contributed by atoms with Gasteiger partial charge in [-0.15, -0.1) is 10.2 Å². The van der Waals surface area contributed by atoms with Crippen molar-refractivity contribution in [1.82, 2.24) is 10.2 Å². The first-order valence-electron chi connectivity index (χ1n) is 8.16. The smallest absolute Gasteiger partial charge is 0.175 e. The molecule has 1 heterocycles. The molecule has 0 aliphatic carbocycles. The van der Waals surface area contributed by atoms with Crippen molar-refractivity contribution in [3.8, 4) is 0 Å². The second-order valence-electron chi connectivity index (χ2n) is 5.53. The van der Waals surface area contributed by atoms with Gasteiger partial charge in [-0.25, -0.2) is 0 Å². The predicted octanol–water partition coefficient (Wildman–Crippen LogP) is 5.24. The standard InChI is InChI=1S/C19H18ClN5S/c1-2-13-5-3-4-6-16(13)23-19(26)22-15-9-7-14(8-10-15)21-18-12-11-17(20)24-25-18/h3-12H,2H2,1H3,(H,21,25)(H2,22,23,26). The van der Waals surface area contributed by atoms with E-state index in [4.69, 9.17) is 23.8 Å². The minimum Gasteiger partial charge on any atom is -0.339 e. The number of nitrogens with one attached hydrogen (secondary N) is 3. The zero-order valence-electron chi connectivity index (χ0n) is 14.2. The average Bonchev–Trinajstić information content (AvgIpc) is 2.65. The van der Waals surface area contributed by atoms with Crippen LogP contribution in [0.3, 0.4) is 0 Å². The minimum absolute atomic E-state index is 0.362. The zero-order chi connectivity index (χ0) is 18.4. The van der Waals surface area contributed by atoms with Crippen LogP contribution in [0.1, 0.15) is 12.5 Å². The molecular weight excluding hydrogens is 366 g/mol. The number of hydrogen-bond acceptors (Lipinski definition) is 4. The number of halogens is 1. The van der Waals surface area contributed by atoms with Crippen molar-refractivity contribution in [2.24, 2.45) is 0 Å². The van der Waals surface area contributed by atoms with E-state index in [9.17, 15) is 0 Å². The van der Waals surface area contributed by atoms with Gasteiger partial charge in [0.25, 0.3) is 0 Å². The lowest BCUT2D eigenvalue weighted by Crippen LogP contribution is -2.19. The third kappa shape index (κ3) is 4.91. The predicted molar refractivity (Wildman–Crippen MR) is 112 cm³/mol. The van der Waals surface area contributed by atoms with Gasteiger partial charge < -0.3 is 16.0 Å². The first kappa shape index (κ1) is 18.1. The molecule has 132 valence electrons. The molecule has 3 aromatic rings. The number of aromatic nitrogens is 2. The Morgan fingerprint density at radius 2 is 1.65 bits per heavy atom. The van der Waals surface area contributed by atoms with Crippen molar-refractivity contribution >= 4 is 51.8 Å². The van der Waals surface area contributed by atoms with E-state index in [-0.39, 0.29) is 0 Å². The summed E-state index contributed by atoms with van der Waals surface area (Å²) in [5, 5.41) is 18.3. The number of rotatable bonds is 5. The van der Waals surface area contributed by atoms with E-state index in [1.165, 1.54) is 5.56 Å². The highest BCUT2D eigenvalue weighted by Crippen LogP contribution is 2.19. The van der Waals surface area contributed by atoms with Crippen molar-refractivity contribution in [3.05, 3.63) is 71.4 Å². The van der Waals surface area contributed by atoms with Crippen molar-refractivity contribution in [2.45, 2.75) is 13.3 Å². The second kappa shape index (κ2) is 8.60. The first-order chi connectivity index (χ1) is 12.6. The lowest BCUT2D eigenvalue weighted by Gasteiger charge is -2.14. The van der Waals surface area contributed by atoms with Gasteiger partial charge in [0.05, 0.1) is 0 Å². The van der Waals surface area contributed by atoms with E-state index in [0.717, 1.165) is 23.5 Å². The number of nitrogens with zero attached hydrogens (tertiary/aromatic N) is 2. The molecule has 0 amide bonds.